The summed E-state index contributed by atoms with van der Waals surface area (Å²) in [4.78, 5) is 22.2. The topological polar surface area (TPSA) is 106 Å². The van der Waals surface area contributed by atoms with E-state index in [1.807, 2.05) is 13.8 Å². The lowest BCUT2D eigenvalue weighted by molar-refractivity contribution is -0.122. The fourth-order valence-corrected chi connectivity index (χ4v) is 1.48. The number of nitrogens with zero attached hydrogens (tertiary/aromatic N) is 3. The molecule has 0 fully saturated rings. The molecule has 0 aromatic carbocycles. The molecule has 106 valence electrons. The van der Waals surface area contributed by atoms with Crippen molar-refractivity contribution in [2.24, 2.45) is 5.92 Å². The second-order valence-corrected chi connectivity index (χ2v) is 4.43. The highest BCUT2D eigenvalue weighted by Crippen LogP contribution is 2.03. The molecule has 0 radical (unpaired) electrons. The van der Waals surface area contributed by atoms with Gasteiger partial charge in [-0.25, -0.2) is 9.48 Å². The molecule has 1 unspecified atom stereocenters. The van der Waals surface area contributed by atoms with E-state index in [0.717, 1.165) is 0 Å². The Balaban J connectivity index is 2.44. The van der Waals surface area contributed by atoms with Gasteiger partial charge in [-0.05, 0) is 5.92 Å². The van der Waals surface area contributed by atoms with Gasteiger partial charge in [-0.1, -0.05) is 19.1 Å². The van der Waals surface area contributed by atoms with E-state index in [2.05, 4.69) is 15.6 Å². The molecule has 8 nitrogen and oxygen atoms in total. The van der Waals surface area contributed by atoms with Crippen molar-refractivity contribution in [1.82, 2.24) is 20.3 Å². The van der Waals surface area contributed by atoms with Crippen LogP contribution in [0, 0.1) is 5.92 Å². The lowest BCUT2D eigenvalue weighted by Crippen LogP contribution is -2.37. The van der Waals surface area contributed by atoms with Gasteiger partial charge in [-0.15, -0.1) is 5.10 Å². The maximum atomic E-state index is 11.6. The monoisotopic (exact) mass is 270 g/mol. The van der Waals surface area contributed by atoms with Crippen LogP contribution in [0.15, 0.2) is 6.20 Å². The van der Waals surface area contributed by atoms with Gasteiger partial charge in [0.15, 0.2) is 5.69 Å². The maximum Gasteiger partial charge on any atom is 0.358 e. The Morgan fingerprint density at radius 2 is 2.21 bits per heavy atom. The molecule has 1 aromatic rings. The Kier molecular flexibility index (Phi) is 5.43. The van der Waals surface area contributed by atoms with Crippen LogP contribution in [0.2, 0.25) is 0 Å². The second kappa shape index (κ2) is 6.83. The molecular weight excluding hydrogens is 252 g/mol. The first-order valence-corrected chi connectivity index (χ1v) is 5.87. The molecule has 1 aromatic heterocycles. The van der Waals surface area contributed by atoms with E-state index in [4.69, 9.17) is 9.84 Å². The van der Waals surface area contributed by atoms with E-state index in [1.165, 1.54) is 10.9 Å². The van der Waals surface area contributed by atoms with Crippen LogP contribution < -0.4 is 5.32 Å². The third-order valence-electron chi connectivity index (χ3n) is 2.61. The molecule has 0 bridgehead atoms. The van der Waals surface area contributed by atoms with Gasteiger partial charge in [0, 0.05) is 13.7 Å². The van der Waals surface area contributed by atoms with Gasteiger partial charge in [-0.3, -0.25) is 4.79 Å². The molecule has 0 saturated carbocycles. The molecule has 19 heavy (non-hydrogen) atoms. The zero-order chi connectivity index (χ0) is 14.4. The van der Waals surface area contributed by atoms with E-state index in [9.17, 15) is 9.59 Å². The van der Waals surface area contributed by atoms with Crippen molar-refractivity contribution in [1.29, 1.82) is 0 Å². The standard InChI is InChI=1S/C11H18N4O4/c1-7(2)9(19-3)4-12-10(16)6-15-5-8(11(17)18)13-14-15/h5,7,9H,4,6H2,1-3H3,(H,12,16)(H,17,18). The first-order chi connectivity index (χ1) is 8.93. The molecular formula is C11H18N4O4. The minimum absolute atomic E-state index is 0.0609. The van der Waals surface area contributed by atoms with Crippen molar-refractivity contribution < 1.29 is 19.4 Å². The highest BCUT2D eigenvalue weighted by atomic mass is 16.5. The summed E-state index contributed by atoms with van der Waals surface area (Å²) in [5, 5.41) is 18.3. The number of aromatic nitrogens is 3. The Hall–Kier alpha value is -1.96. The number of ether oxygens (including phenoxy) is 1. The van der Waals surface area contributed by atoms with Crippen LogP contribution in [0.5, 0.6) is 0 Å². The number of carbonyl (C=O) groups is 2. The van der Waals surface area contributed by atoms with Crippen molar-refractivity contribution in [2.75, 3.05) is 13.7 Å². The van der Waals surface area contributed by atoms with E-state index in [0.29, 0.717) is 6.54 Å². The van der Waals surface area contributed by atoms with Crippen LogP contribution in [0.1, 0.15) is 24.3 Å². The number of nitrogens with one attached hydrogen (secondary N) is 1. The minimum atomic E-state index is -1.18. The fourth-order valence-electron chi connectivity index (χ4n) is 1.48. The van der Waals surface area contributed by atoms with Gasteiger partial charge >= 0.3 is 5.97 Å². The summed E-state index contributed by atoms with van der Waals surface area (Å²) >= 11 is 0. The number of carbonyl (C=O) groups excluding carboxylic acids is 1. The number of carboxylic acids is 1. The molecule has 1 rings (SSSR count). The van der Waals surface area contributed by atoms with Crippen molar-refractivity contribution in [3.63, 3.8) is 0 Å². The average Bonchev–Trinajstić information content (AvgIpc) is 2.78. The quantitative estimate of drug-likeness (QED) is 0.708. The molecule has 0 aliphatic rings. The largest absolute Gasteiger partial charge is 0.476 e. The number of amides is 1. The van der Waals surface area contributed by atoms with Gasteiger partial charge in [0.25, 0.3) is 0 Å². The highest BCUT2D eigenvalue weighted by molar-refractivity contribution is 5.84. The Morgan fingerprint density at radius 1 is 1.53 bits per heavy atom. The molecule has 1 heterocycles. The van der Waals surface area contributed by atoms with E-state index < -0.39 is 5.97 Å². The number of hydrogen-bond acceptors (Lipinski definition) is 5. The molecule has 1 atom stereocenters. The maximum absolute atomic E-state index is 11.6. The van der Waals surface area contributed by atoms with E-state index >= 15 is 0 Å². The molecule has 2 N–H and O–H groups in total. The van der Waals surface area contributed by atoms with Crippen molar-refractivity contribution in [2.45, 2.75) is 26.5 Å². The van der Waals surface area contributed by atoms with Gasteiger partial charge in [0.05, 0.1) is 12.3 Å². The van der Waals surface area contributed by atoms with Gasteiger partial charge in [0.1, 0.15) is 6.54 Å². The number of carboxylic acid groups (broad SMARTS) is 1. The predicted molar refractivity (Wildman–Crippen MR) is 65.6 cm³/mol. The number of methoxy groups -OCH3 is 1. The summed E-state index contributed by atoms with van der Waals surface area (Å²) in [6, 6.07) is 0. The zero-order valence-electron chi connectivity index (χ0n) is 11.2. The summed E-state index contributed by atoms with van der Waals surface area (Å²) in [5.74, 6) is -1.16. The first-order valence-electron chi connectivity index (χ1n) is 5.87. The SMILES string of the molecule is COC(CNC(=O)Cn1cc(C(=O)O)nn1)C(C)C. The summed E-state index contributed by atoms with van der Waals surface area (Å²) < 4.78 is 6.40. The number of rotatable bonds is 7. The van der Waals surface area contributed by atoms with Crippen LogP contribution in [-0.4, -0.2) is 51.7 Å². The number of aromatic carboxylic acids is 1. The van der Waals surface area contributed by atoms with Crippen LogP contribution in [0.3, 0.4) is 0 Å². The minimum Gasteiger partial charge on any atom is -0.476 e. The summed E-state index contributed by atoms with van der Waals surface area (Å²) in [6.07, 6.45) is 1.15. The predicted octanol–water partition coefficient (Wildman–Crippen LogP) is -0.236. The first kappa shape index (κ1) is 15.1. The molecule has 0 spiro atoms. The van der Waals surface area contributed by atoms with Crippen LogP contribution in [0.25, 0.3) is 0 Å². The highest BCUT2D eigenvalue weighted by Gasteiger charge is 2.14. The lowest BCUT2D eigenvalue weighted by atomic mass is 10.1. The van der Waals surface area contributed by atoms with Crippen molar-refractivity contribution in [3.8, 4) is 0 Å². The number of hydrogen-bond donors (Lipinski definition) is 2. The second-order valence-electron chi connectivity index (χ2n) is 4.43. The van der Waals surface area contributed by atoms with Gasteiger partial charge in [-0.2, -0.15) is 0 Å². The van der Waals surface area contributed by atoms with Gasteiger partial charge < -0.3 is 15.2 Å². The van der Waals surface area contributed by atoms with E-state index in [-0.39, 0.29) is 30.2 Å². The average molecular weight is 270 g/mol. The van der Waals surface area contributed by atoms with Crippen molar-refractivity contribution in [3.05, 3.63) is 11.9 Å². The fraction of sp³-hybridized carbons (Fsp3) is 0.636. The summed E-state index contributed by atoms with van der Waals surface area (Å²) in [7, 11) is 1.59. The Bertz CT molecular complexity index is 444. The third kappa shape index (κ3) is 4.66. The van der Waals surface area contributed by atoms with Gasteiger partial charge in [0.2, 0.25) is 5.91 Å². The normalized spacial score (nSPS) is 12.4. The Morgan fingerprint density at radius 3 is 2.68 bits per heavy atom. The van der Waals surface area contributed by atoms with Crippen molar-refractivity contribution >= 4 is 11.9 Å². The lowest BCUT2D eigenvalue weighted by Gasteiger charge is -2.19. The Labute approximate surface area is 110 Å². The summed E-state index contributed by atoms with van der Waals surface area (Å²) in [6.45, 7) is 4.32. The molecule has 8 heteroatoms. The molecule has 0 aliphatic carbocycles. The zero-order valence-corrected chi connectivity index (χ0v) is 11.2. The van der Waals surface area contributed by atoms with E-state index in [1.54, 1.807) is 7.11 Å². The van der Waals surface area contributed by atoms with Crippen LogP contribution in [0.4, 0.5) is 0 Å². The van der Waals surface area contributed by atoms with Crippen LogP contribution in [-0.2, 0) is 16.1 Å². The van der Waals surface area contributed by atoms with Crippen LogP contribution >= 0.6 is 0 Å². The summed E-state index contributed by atoms with van der Waals surface area (Å²) in [5.41, 5.74) is -0.190. The third-order valence-corrected chi connectivity index (χ3v) is 2.61. The molecule has 0 aliphatic heterocycles. The molecule has 0 saturated heterocycles. The smallest absolute Gasteiger partial charge is 0.358 e. The molecule has 1 amide bonds.